The van der Waals surface area contributed by atoms with Crippen molar-refractivity contribution in [2.75, 3.05) is 11.9 Å². The first kappa shape index (κ1) is 11.9. The van der Waals surface area contributed by atoms with Crippen LogP contribution in [0, 0.1) is 3.57 Å². The number of hydrogen-bond acceptors (Lipinski definition) is 2. The molecule has 3 nitrogen and oxygen atoms in total. The van der Waals surface area contributed by atoms with E-state index in [1.54, 1.807) is 0 Å². The van der Waals surface area contributed by atoms with Crippen LogP contribution in [0.3, 0.4) is 0 Å². The number of carbonyl (C=O) groups excluding carboxylic acids is 1. The molecule has 0 bridgehead atoms. The fraction of sp³-hybridized carbons (Fsp3) is 0.417. The third kappa shape index (κ3) is 3.18. The lowest BCUT2D eigenvalue weighted by Crippen LogP contribution is -2.19. The normalized spacial score (nSPS) is 19.7. The molecule has 0 spiro atoms. The third-order valence-corrected chi connectivity index (χ3v) is 3.53. The Morgan fingerprint density at radius 2 is 2.31 bits per heavy atom. The fourth-order valence-electron chi connectivity index (χ4n) is 1.78. The molecular weight excluding hydrogens is 317 g/mol. The van der Waals surface area contributed by atoms with E-state index in [1.807, 2.05) is 24.3 Å². The average Bonchev–Trinajstić information content (AvgIpc) is 2.74. The second-order valence-electron chi connectivity index (χ2n) is 3.87. The van der Waals surface area contributed by atoms with Crippen molar-refractivity contribution >= 4 is 34.2 Å². The Labute approximate surface area is 109 Å². The molecule has 1 amide bonds. The van der Waals surface area contributed by atoms with Crippen LogP contribution in [0.5, 0.6) is 0 Å². The maximum atomic E-state index is 11.7. The molecule has 1 N–H and O–H groups in total. The Balaban J connectivity index is 1.89. The van der Waals surface area contributed by atoms with Gasteiger partial charge in [0.1, 0.15) is 0 Å². The van der Waals surface area contributed by atoms with Crippen molar-refractivity contribution in [1.29, 1.82) is 0 Å². The van der Waals surface area contributed by atoms with Crippen LogP contribution in [0.1, 0.15) is 19.3 Å². The van der Waals surface area contributed by atoms with Gasteiger partial charge in [0.2, 0.25) is 5.91 Å². The van der Waals surface area contributed by atoms with Gasteiger partial charge in [-0.2, -0.15) is 0 Å². The number of anilines is 1. The van der Waals surface area contributed by atoms with Crippen molar-refractivity contribution in [3.05, 3.63) is 27.8 Å². The van der Waals surface area contributed by atoms with Crippen LogP contribution in [0.4, 0.5) is 5.69 Å². The van der Waals surface area contributed by atoms with Crippen molar-refractivity contribution in [1.82, 2.24) is 0 Å². The first-order valence-electron chi connectivity index (χ1n) is 5.41. The molecule has 1 aromatic carbocycles. The molecule has 1 aliphatic rings. The highest BCUT2D eigenvalue weighted by molar-refractivity contribution is 14.1. The van der Waals surface area contributed by atoms with E-state index in [1.165, 1.54) is 0 Å². The molecule has 0 aromatic heterocycles. The van der Waals surface area contributed by atoms with Gasteiger partial charge < -0.3 is 10.1 Å². The van der Waals surface area contributed by atoms with Gasteiger partial charge in [0.15, 0.2) is 0 Å². The molecule has 0 aliphatic carbocycles. The quantitative estimate of drug-likeness (QED) is 0.865. The minimum absolute atomic E-state index is 0.0380. The zero-order valence-electron chi connectivity index (χ0n) is 8.91. The summed E-state index contributed by atoms with van der Waals surface area (Å²) < 4.78 is 6.49. The van der Waals surface area contributed by atoms with Crippen LogP contribution in [0.15, 0.2) is 24.3 Å². The molecule has 1 aromatic rings. The van der Waals surface area contributed by atoms with Gasteiger partial charge in [-0.1, -0.05) is 12.1 Å². The molecule has 1 heterocycles. The van der Waals surface area contributed by atoms with Gasteiger partial charge in [-0.25, -0.2) is 0 Å². The summed E-state index contributed by atoms with van der Waals surface area (Å²) in [6, 6.07) is 7.76. The summed E-state index contributed by atoms with van der Waals surface area (Å²) >= 11 is 2.21. The zero-order chi connectivity index (χ0) is 11.4. The van der Waals surface area contributed by atoms with Crippen LogP contribution < -0.4 is 5.32 Å². The molecule has 1 fully saturated rings. The molecule has 2 rings (SSSR count). The molecule has 1 atom stereocenters. The van der Waals surface area contributed by atoms with Crippen molar-refractivity contribution < 1.29 is 9.53 Å². The number of halogens is 1. The summed E-state index contributed by atoms with van der Waals surface area (Å²) in [5, 5.41) is 2.91. The first-order chi connectivity index (χ1) is 7.75. The molecule has 86 valence electrons. The van der Waals surface area contributed by atoms with Crippen LogP contribution in [-0.2, 0) is 9.53 Å². The SMILES string of the molecule is O=C(CC1CCCO1)Nc1ccccc1I. The van der Waals surface area contributed by atoms with Gasteiger partial charge in [0, 0.05) is 10.2 Å². The maximum absolute atomic E-state index is 11.7. The van der Waals surface area contributed by atoms with Gasteiger partial charge in [0.05, 0.1) is 18.2 Å². The number of para-hydroxylation sites is 1. The van der Waals surface area contributed by atoms with E-state index in [9.17, 15) is 4.79 Å². The third-order valence-electron chi connectivity index (χ3n) is 2.59. The van der Waals surface area contributed by atoms with Crippen molar-refractivity contribution in [2.24, 2.45) is 0 Å². The summed E-state index contributed by atoms with van der Waals surface area (Å²) in [6.07, 6.45) is 2.65. The number of hydrogen-bond donors (Lipinski definition) is 1. The van der Waals surface area contributed by atoms with Gasteiger partial charge in [-0.3, -0.25) is 4.79 Å². The Kier molecular flexibility index (Phi) is 4.17. The highest BCUT2D eigenvalue weighted by atomic mass is 127. The number of amides is 1. The van der Waals surface area contributed by atoms with Crippen LogP contribution in [0.2, 0.25) is 0 Å². The highest BCUT2D eigenvalue weighted by Gasteiger charge is 2.19. The Morgan fingerprint density at radius 1 is 1.50 bits per heavy atom. The Hall–Kier alpha value is -0.620. The summed E-state index contributed by atoms with van der Waals surface area (Å²) in [5.74, 6) is 0.0380. The lowest BCUT2D eigenvalue weighted by atomic mass is 10.2. The molecule has 0 saturated carbocycles. The van der Waals surface area contributed by atoms with Crippen molar-refractivity contribution in [3.63, 3.8) is 0 Å². The molecule has 16 heavy (non-hydrogen) atoms. The van der Waals surface area contributed by atoms with Crippen molar-refractivity contribution in [2.45, 2.75) is 25.4 Å². The molecular formula is C12H14INO2. The van der Waals surface area contributed by atoms with Crippen LogP contribution in [0.25, 0.3) is 0 Å². The minimum Gasteiger partial charge on any atom is -0.378 e. The molecule has 1 aliphatic heterocycles. The summed E-state index contributed by atoms with van der Waals surface area (Å²) in [4.78, 5) is 11.7. The molecule has 1 unspecified atom stereocenters. The van der Waals surface area contributed by atoms with E-state index in [4.69, 9.17) is 4.74 Å². The van der Waals surface area contributed by atoms with Crippen molar-refractivity contribution in [3.8, 4) is 0 Å². The fourth-order valence-corrected chi connectivity index (χ4v) is 2.30. The smallest absolute Gasteiger partial charge is 0.227 e. The summed E-state index contributed by atoms with van der Waals surface area (Å²) in [6.45, 7) is 0.792. The van der Waals surface area contributed by atoms with Gasteiger partial charge in [-0.05, 0) is 47.6 Å². The maximum Gasteiger partial charge on any atom is 0.227 e. The first-order valence-corrected chi connectivity index (χ1v) is 6.49. The second kappa shape index (κ2) is 5.63. The van der Waals surface area contributed by atoms with Crippen LogP contribution in [-0.4, -0.2) is 18.6 Å². The van der Waals surface area contributed by atoms with E-state index < -0.39 is 0 Å². The van der Waals surface area contributed by atoms with E-state index >= 15 is 0 Å². The largest absolute Gasteiger partial charge is 0.378 e. The standard InChI is InChI=1S/C12H14INO2/c13-10-5-1-2-6-11(10)14-12(15)8-9-4-3-7-16-9/h1-2,5-6,9H,3-4,7-8H2,(H,14,15). The summed E-state index contributed by atoms with van der Waals surface area (Å²) in [5.41, 5.74) is 0.881. The predicted octanol–water partition coefficient (Wildman–Crippen LogP) is 2.80. The second-order valence-corrected chi connectivity index (χ2v) is 5.03. The topological polar surface area (TPSA) is 38.3 Å². The van der Waals surface area contributed by atoms with Crippen LogP contribution >= 0.6 is 22.6 Å². The van der Waals surface area contributed by atoms with Gasteiger partial charge >= 0.3 is 0 Å². The number of carbonyl (C=O) groups is 1. The number of benzene rings is 1. The number of ether oxygens (including phenoxy) is 1. The lowest BCUT2D eigenvalue weighted by molar-refractivity contribution is -0.118. The Morgan fingerprint density at radius 3 is 3.00 bits per heavy atom. The number of rotatable bonds is 3. The van der Waals surface area contributed by atoms with E-state index in [2.05, 4.69) is 27.9 Å². The van der Waals surface area contributed by atoms with E-state index in [-0.39, 0.29) is 12.0 Å². The zero-order valence-corrected chi connectivity index (χ0v) is 11.1. The van der Waals surface area contributed by atoms with E-state index in [0.717, 1.165) is 28.7 Å². The van der Waals surface area contributed by atoms with Gasteiger partial charge in [-0.15, -0.1) is 0 Å². The Bertz CT molecular complexity index is 375. The number of nitrogens with one attached hydrogen (secondary N) is 1. The minimum atomic E-state index is 0.0380. The average molecular weight is 331 g/mol. The molecule has 0 radical (unpaired) electrons. The van der Waals surface area contributed by atoms with Gasteiger partial charge in [0.25, 0.3) is 0 Å². The highest BCUT2D eigenvalue weighted by Crippen LogP contribution is 2.19. The summed E-state index contributed by atoms with van der Waals surface area (Å²) in [7, 11) is 0. The lowest BCUT2D eigenvalue weighted by Gasteiger charge is -2.10. The molecule has 1 saturated heterocycles. The predicted molar refractivity (Wildman–Crippen MR) is 71.4 cm³/mol. The molecule has 4 heteroatoms. The van der Waals surface area contributed by atoms with E-state index in [0.29, 0.717) is 6.42 Å². The monoisotopic (exact) mass is 331 g/mol.